The molecule has 0 bridgehead atoms. The Bertz CT molecular complexity index is 730. The van der Waals surface area contributed by atoms with Crippen LogP contribution in [-0.2, 0) is 10.2 Å². The third kappa shape index (κ3) is 2.89. The van der Waals surface area contributed by atoms with E-state index in [0.717, 1.165) is 17.5 Å². The summed E-state index contributed by atoms with van der Waals surface area (Å²) in [6.07, 6.45) is 6.88. The molecule has 23 heavy (non-hydrogen) atoms. The summed E-state index contributed by atoms with van der Waals surface area (Å²) in [7, 11) is 0. The van der Waals surface area contributed by atoms with Gasteiger partial charge in [-0.15, -0.1) is 0 Å². The molecule has 0 fully saturated rings. The Labute approximate surface area is 136 Å². The first-order valence-electron chi connectivity index (χ1n) is 7.80. The third-order valence-electron chi connectivity index (χ3n) is 4.69. The smallest absolute Gasteiger partial charge is 0.161 e. The average Bonchev–Trinajstić information content (AvgIpc) is 2.62. The zero-order chi connectivity index (χ0) is 16.3. The van der Waals surface area contributed by atoms with Gasteiger partial charge in [-0.1, -0.05) is 61.2 Å². The van der Waals surface area contributed by atoms with Gasteiger partial charge in [-0.05, 0) is 42.2 Å². The summed E-state index contributed by atoms with van der Waals surface area (Å²) in [5.41, 5.74) is 1.88. The van der Waals surface area contributed by atoms with Crippen molar-refractivity contribution in [1.29, 1.82) is 0 Å². The van der Waals surface area contributed by atoms with Gasteiger partial charge in [0, 0.05) is 11.3 Å². The largest absolute Gasteiger partial charge is 0.294 e. The lowest BCUT2D eigenvalue weighted by atomic mass is 9.64. The van der Waals surface area contributed by atoms with Crippen LogP contribution in [0, 0.1) is 11.7 Å². The Morgan fingerprint density at radius 2 is 1.74 bits per heavy atom. The standard InChI is InChI=1S/C21H19FO/c1-2-20(23)16-7-6-14-21(15-16,17-8-4-3-5-9-17)18-10-12-19(22)13-11-18/h2-13,16H,1,14-15H2. The van der Waals surface area contributed by atoms with E-state index in [1.807, 2.05) is 36.4 Å². The van der Waals surface area contributed by atoms with Crippen LogP contribution in [0.2, 0.25) is 0 Å². The van der Waals surface area contributed by atoms with Crippen molar-refractivity contribution in [2.24, 2.45) is 5.92 Å². The van der Waals surface area contributed by atoms with Crippen LogP contribution in [0.25, 0.3) is 0 Å². The highest BCUT2D eigenvalue weighted by Crippen LogP contribution is 2.44. The molecule has 0 heterocycles. The second-order valence-electron chi connectivity index (χ2n) is 6.00. The van der Waals surface area contributed by atoms with E-state index in [0.29, 0.717) is 6.42 Å². The molecular weight excluding hydrogens is 287 g/mol. The molecule has 1 nitrogen and oxygen atoms in total. The van der Waals surface area contributed by atoms with Crippen molar-refractivity contribution >= 4 is 5.78 Å². The number of halogens is 1. The van der Waals surface area contributed by atoms with E-state index in [2.05, 4.69) is 24.8 Å². The lowest BCUT2D eigenvalue weighted by molar-refractivity contribution is -0.117. The van der Waals surface area contributed by atoms with E-state index in [1.54, 1.807) is 0 Å². The predicted molar refractivity (Wildman–Crippen MR) is 90.7 cm³/mol. The SMILES string of the molecule is C=CC(=O)C1C=CCC(c2ccccc2)(c2ccc(F)cc2)C1. The van der Waals surface area contributed by atoms with Crippen molar-refractivity contribution in [3.63, 3.8) is 0 Å². The van der Waals surface area contributed by atoms with Crippen LogP contribution in [0.4, 0.5) is 4.39 Å². The van der Waals surface area contributed by atoms with E-state index in [4.69, 9.17) is 0 Å². The maximum Gasteiger partial charge on any atom is 0.161 e. The first-order chi connectivity index (χ1) is 11.2. The monoisotopic (exact) mass is 306 g/mol. The van der Waals surface area contributed by atoms with Gasteiger partial charge in [0.25, 0.3) is 0 Å². The number of rotatable bonds is 4. The van der Waals surface area contributed by atoms with Gasteiger partial charge in [0.1, 0.15) is 5.82 Å². The highest BCUT2D eigenvalue weighted by Gasteiger charge is 2.38. The minimum Gasteiger partial charge on any atom is -0.294 e. The van der Waals surface area contributed by atoms with Crippen molar-refractivity contribution in [3.05, 3.63) is 96.3 Å². The topological polar surface area (TPSA) is 17.1 Å². The molecule has 2 atom stereocenters. The lowest BCUT2D eigenvalue weighted by Gasteiger charge is -2.39. The second kappa shape index (κ2) is 6.33. The maximum atomic E-state index is 13.4. The first kappa shape index (κ1) is 15.4. The molecule has 0 saturated carbocycles. The van der Waals surface area contributed by atoms with Crippen LogP contribution in [0.5, 0.6) is 0 Å². The summed E-state index contributed by atoms with van der Waals surface area (Å²) in [4.78, 5) is 12.1. The summed E-state index contributed by atoms with van der Waals surface area (Å²) in [5.74, 6) is -0.406. The molecule has 0 radical (unpaired) electrons. The number of ketones is 1. The van der Waals surface area contributed by atoms with E-state index in [1.165, 1.54) is 18.2 Å². The van der Waals surface area contributed by atoms with Gasteiger partial charge < -0.3 is 0 Å². The van der Waals surface area contributed by atoms with Gasteiger partial charge in [0.2, 0.25) is 0 Å². The normalized spacial score (nSPS) is 23.4. The number of benzene rings is 2. The van der Waals surface area contributed by atoms with Crippen molar-refractivity contribution in [2.75, 3.05) is 0 Å². The molecule has 0 amide bonds. The van der Waals surface area contributed by atoms with Crippen LogP contribution in [0.1, 0.15) is 24.0 Å². The summed E-state index contributed by atoms with van der Waals surface area (Å²) in [6.45, 7) is 3.61. The van der Waals surface area contributed by atoms with E-state index < -0.39 is 0 Å². The maximum absolute atomic E-state index is 13.4. The van der Waals surface area contributed by atoms with Crippen LogP contribution in [-0.4, -0.2) is 5.78 Å². The Morgan fingerprint density at radius 3 is 2.39 bits per heavy atom. The molecular formula is C21H19FO. The fourth-order valence-corrected chi connectivity index (χ4v) is 3.47. The third-order valence-corrected chi connectivity index (χ3v) is 4.69. The molecule has 1 aliphatic rings. The number of carbonyl (C=O) groups is 1. The second-order valence-corrected chi connectivity index (χ2v) is 6.00. The molecule has 0 spiro atoms. The van der Waals surface area contributed by atoms with Gasteiger partial charge in [-0.2, -0.15) is 0 Å². The molecule has 2 aromatic rings. The van der Waals surface area contributed by atoms with Crippen LogP contribution in [0.3, 0.4) is 0 Å². The zero-order valence-electron chi connectivity index (χ0n) is 12.9. The molecule has 2 aromatic carbocycles. The Hall–Kier alpha value is -2.48. The minimum absolute atomic E-state index is 0.0309. The van der Waals surface area contributed by atoms with E-state index in [-0.39, 0.29) is 22.9 Å². The average molecular weight is 306 g/mol. The number of hydrogen-bond donors (Lipinski definition) is 0. The van der Waals surface area contributed by atoms with Crippen molar-refractivity contribution in [3.8, 4) is 0 Å². The molecule has 0 aromatic heterocycles. The zero-order valence-corrected chi connectivity index (χ0v) is 12.9. The molecule has 2 heteroatoms. The summed E-state index contributed by atoms with van der Waals surface area (Å²) >= 11 is 0. The number of allylic oxidation sites excluding steroid dienone is 3. The first-order valence-corrected chi connectivity index (χ1v) is 7.80. The van der Waals surface area contributed by atoms with Gasteiger partial charge in [0.05, 0.1) is 0 Å². The molecule has 2 unspecified atom stereocenters. The molecule has 0 aliphatic heterocycles. The molecule has 0 saturated heterocycles. The molecule has 0 N–H and O–H groups in total. The Kier molecular flexibility index (Phi) is 4.24. The van der Waals surface area contributed by atoms with Gasteiger partial charge in [-0.3, -0.25) is 4.79 Å². The van der Waals surface area contributed by atoms with Crippen LogP contribution < -0.4 is 0 Å². The molecule has 3 rings (SSSR count). The molecule has 116 valence electrons. The quantitative estimate of drug-likeness (QED) is 0.584. The fourth-order valence-electron chi connectivity index (χ4n) is 3.47. The van der Waals surface area contributed by atoms with Gasteiger partial charge in [-0.25, -0.2) is 4.39 Å². The lowest BCUT2D eigenvalue weighted by Crippen LogP contribution is -2.34. The van der Waals surface area contributed by atoms with Crippen molar-refractivity contribution in [2.45, 2.75) is 18.3 Å². The minimum atomic E-state index is -0.312. The Balaban J connectivity index is 2.12. The summed E-state index contributed by atoms with van der Waals surface area (Å²) < 4.78 is 13.4. The highest BCUT2D eigenvalue weighted by molar-refractivity contribution is 5.92. The van der Waals surface area contributed by atoms with E-state index in [9.17, 15) is 9.18 Å². The van der Waals surface area contributed by atoms with Crippen molar-refractivity contribution in [1.82, 2.24) is 0 Å². The van der Waals surface area contributed by atoms with Gasteiger partial charge >= 0.3 is 0 Å². The van der Waals surface area contributed by atoms with Crippen LogP contribution >= 0.6 is 0 Å². The van der Waals surface area contributed by atoms with Crippen LogP contribution in [0.15, 0.2) is 79.4 Å². The number of carbonyl (C=O) groups excluding carboxylic acids is 1. The predicted octanol–water partition coefficient (Wildman–Crippen LogP) is 4.83. The van der Waals surface area contributed by atoms with Crippen molar-refractivity contribution < 1.29 is 9.18 Å². The fraction of sp³-hybridized carbons (Fsp3) is 0.190. The summed E-state index contributed by atoms with van der Waals surface area (Å²) in [5, 5.41) is 0. The Morgan fingerprint density at radius 1 is 1.09 bits per heavy atom. The van der Waals surface area contributed by atoms with E-state index >= 15 is 0 Å². The highest BCUT2D eigenvalue weighted by atomic mass is 19.1. The van der Waals surface area contributed by atoms with Gasteiger partial charge in [0.15, 0.2) is 5.78 Å². The molecule has 1 aliphatic carbocycles. The number of hydrogen-bond acceptors (Lipinski definition) is 1. The summed E-state index contributed by atoms with van der Waals surface area (Å²) in [6, 6.07) is 16.8.